The SMILES string of the molecule is CCC(=O)c1ccc2nc(NC(=O)c3ccc(O)cc3)[nH]c2c1. The van der Waals surface area contributed by atoms with Gasteiger partial charge in [-0.2, -0.15) is 0 Å². The first-order valence-electron chi connectivity index (χ1n) is 7.20. The molecule has 0 radical (unpaired) electrons. The molecule has 0 saturated carbocycles. The molecule has 0 spiro atoms. The maximum absolute atomic E-state index is 12.1. The second kappa shape index (κ2) is 5.92. The van der Waals surface area contributed by atoms with Crippen LogP contribution in [0.2, 0.25) is 0 Å². The van der Waals surface area contributed by atoms with Crippen molar-refractivity contribution in [1.82, 2.24) is 9.97 Å². The number of aromatic nitrogens is 2. The van der Waals surface area contributed by atoms with Crippen LogP contribution in [0.1, 0.15) is 34.1 Å². The molecule has 3 aromatic rings. The molecule has 0 atom stereocenters. The van der Waals surface area contributed by atoms with Crippen LogP contribution in [0.3, 0.4) is 0 Å². The maximum atomic E-state index is 12.1. The molecule has 0 aliphatic heterocycles. The third-order valence-corrected chi connectivity index (χ3v) is 3.49. The van der Waals surface area contributed by atoms with Crippen LogP contribution in [-0.2, 0) is 0 Å². The number of aromatic hydroxyl groups is 1. The van der Waals surface area contributed by atoms with Gasteiger partial charge in [-0.05, 0) is 42.5 Å². The summed E-state index contributed by atoms with van der Waals surface area (Å²) in [6.45, 7) is 1.81. The summed E-state index contributed by atoms with van der Waals surface area (Å²) in [6, 6.07) is 11.1. The van der Waals surface area contributed by atoms with Crippen LogP contribution < -0.4 is 5.32 Å². The van der Waals surface area contributed by atoms with Crippen LogP contribution in [0, 0.1) is 0 Å². The second-order valence-corrected chi connectivity index (χ2v) is 5.10. The molecule has 0 aliphatic rings. The Hall–Kier alpha value is -3.15. The lowest BCUT2D eigenvalue weighted by atomic mass is 10.1. The van der Waals surface area contributed by atoms with E-state index in [-0.39, 0.29) is 17.4 Å². The summed E-state index contributed by atoms with van der Waals surface area (Å²) in [5, 5.41) is 11.9. The summed E-state index contributed by atoms with van der Waals surface area (Å²) in [7, 11) is 0. The van der Waals surface area contributed by atoms with Gasteiger partial charge in [0.25, 0.3) is 5.91 Å². The summed E-state index contributed by atoms with van der Waals surface area (Å²) < 4.78 is 0. The molecule has 0 unspecified atom stereocenters. The number of hydrogen-bond donors (Lipinski definition) is 3. The van der Waals surface area contributed by atoms with E-state index in [9.17, 15) is 14.7 Å². The lowest BCUT2D eigenvalue weighted by Crippen LogP contribution is -2.12. The van der Waals surface area contributed by atoms with Gasteiger partial charge < -0.3 is 10.1 Å². The lowest BCUT2D eigenvalue weighted by molar-refractivity contribution is 0.0986. The van der Waals surface area contributed by atoms with E-state index in [0.717, 1.165) is 0 Å². The summed E-state index contributed by atoms with van der Waals surface area (Å²) >= 11 is 0. The number of carbonyl (C=O) groups excluding carboxylic acids is 2. The number of ketones is 1. The zero-order valence-corrected chi connectivity index (χ0v) is 12.5. The van der Waals surface area contributed by atoms with Crippen LogP contribution >= 0.6 is 0 Å². The fourth-order valence-electron chi connectivity index (χ4n) is 2.24. The first-order valence-corrected chi connectivity index (χ1v) is 7.20. The molecule has 116 valence electrons. The Morgan fingerprint density at radius 3 is 2.52 bits per heavy atom. The van der Waals surface area contributed by atoms with Crippen molar-refractivity contribution in [3.8, 4) is 5.75 Å². The number of imidazole rings is 1. The molecular formula is C17H15N3O3. The van der Waals surface area contributed by atoms with Gasteiger partial charge in [0.2, 0.25) is 5.95 Å². The molecule has 3 N–H and O–H groups in total. The van der Waals surface area contributed by atoms with E-state index in [1.165, 1.54) is 24.3 Å². The van der Waals surface area contributed by atoms with E-state index >= 15 is 0 Å². The number of fused-ring (bicyclic) bond motifs is 1. The third-order valence-electron chi connectivity index (χ3n) is 3.49. The van der Waals surface area contributed by atoms with Crippen molar-refractivity contribution in [3.63, 3.8) is 0 Å². The topological polar surface area (TPSA) is 95.1 Å². The van der Waals surface area contributed by atoms with Gasteiger partial charge >= 0.3 is 0 Å². The van der Waals surface area contributed by atoms with Crippen LogP contribution in [0.25, 0.3) is 11.0 Å². The number of anilines is 1. The van der Waals surface area contributed by atoms with Gasteiger partial charge in [0.1, 0.15) is 5.75 Å². The van der Waals surface area contributed by atoms with E-state index in [0.29, 0.717) is 34.5 Å². The number of phenols is 1. The molecule has 0 bridgehead atoms. The molecule has 0 fully saturated rings. The molecule has 3 rings (SSSR count). The lowest BCUT2D eigenvalue weighted by Gasteiger charge is -2.01. The van der Waals surface area contributed by atoms with Gasteiger partial charge in [0, 0.05) is 17.5 Å². The van der Waals surface area contributed by atoms with E-state index in [2.05, 4.69) is 15.3 Å². The number of hydrogen-bond acceptors (Lipinski definition) is 4. The van der Waals surface area contributed by atoms with Crippen molar-refractivity contribution in [2.75, 3.05) is 5.32 Å². The van der Waals surface area contributed by atoms with Crippen molar-refractivity contribution in [2.24, 2.45) is 0 Å². The Bertz CT molecular complexity index is 882. The summed E-state index contributed by atoms with van der Waals surface area (Å²) in [4.78, 5) is 31.1. The number of amides is 1. The molecular weight excluding hydrogens is 294 g/mol. The molecule has 1 amide bonds. The first-order chi connectivity index (χ1) is 11.1. The quantitative estimate of drug-likeness (QED) is 0.645. The van der Waals surface area contributed by atoms with Crippen molar-refractivity contribution in [2.45, 2.75) is 13.3 Å². The number of H-pyrrole nitrogens is 1. The van der Waals surface area contributed by atoms with E-state index in [4.69, 9.17) is 0 Å². The highest BCUT2D eigenvalue weighted by Crippen LogP contribution is 2.18. The summed E-state index contributed by atoms with van der Waals surface area (Å²) in [6.07, 6.45) is 0.435. The average Bonchev–Trinajstić information content (AvgIpc) is 2.95. The Morgan fingerprint density at radius 1 is 1.13 bits per heavy atom. The third kappa shape index (κ3) is 3.06. The minimum Gasteiger partial charge on any atom is -0.508 e. The highest BCUT2D eigenvalue weighted by molar-refractivity contribution is 6.04. The Kier molecular flexibility index (Phi) is 3.80. The molecule has 1 heterocycles. The highest BCUT2D eigenvalue weighted by atomic mass is 16.3. The smallest absolute Gasteiger partial charge is 0.257 e. The fraction of sp³-hybridized carbons (Fsp3) is 0.118. The molecule has 0 saturated heterocycles. The molecule has 6 heteroatoms. The standard InChI is InChI=1S/C17H15N3O3/c1-2-15(22)11-5-8-13-14(9-11)19-17(18-13)20-16(23)10-3-6-12(21)7-4-10/h3-9,21H,2H2,1H3,(H2,18,19,20,23). The first kappa shape index (κ1) is 14.8. The number of aromatic amines is 1. The predicted octanol–water partition coefficient (Wildman–Crippen LogP) is 3.11. The van der Waals surface area contributed by atoms with Gasteiger partial charge in [0.05, 0.1) is 11.0 Å². The molecule has 1 aromatic heterocycles. The fourth-order valence-corrected chi connectivity index (χ4v) is 2.24. The molecule has 6 nitrogen and oxygen atoms in total. The second-order valence-electron chi connectivity index (χ2n) is 5.10. The van der Waals surface area contributed by atoms with Gasteiger partial charge in [-0.1, -0.05) is 6.92 Å². The van der Waals surface area contributed by atoms with Crippen LogP contribution in [0.5, 0.6) is 5.75 Å². The van der Waals surface area contributed by atoms with Gasteiger partial charge in [-0.25, -0.2) is 4.98 Å². The van der Waals surface area contributed by atoms with E-state index in [1.807, 2.05) is 6.92 Å². The Morgan fingerprint density at radius 2 is 1.83 bits per heavy atom. The van der Waals surface area contributed by atoms with Crippen LogP contribution in [0.4, 0.5) is 5.95 Å². The molecule has 23 heavy (non-hydrogen) atoms. The largest absolute Gasteiger partial charge is 0.508 e. The van der Waals surface area contributed by atoms with Gasteiger partial charge in [0.15, 0.2) is 5.78 Å². The zero-order valence-electron chi connectivity index (χ0n) is 12.5. The van der Waals surface area contributed by atoms with E-state index in [1.54, 1.807) is 18.2 Å². The summed E-state index contributed by atoms with van der Waals surface area (Å²) in [5.74, 6) is 0.114. The summed E-state index contributed by atoms with van der Waals surface area (Å²) in [5.41, 5.74) is 2.37. The van der Waals surface area contributed by atoms with Crippen LogP contribution in [-0.4, -0.2) is 26.8 Å². The van der Waals surface area contributed by atoms with Crippen molar-refractivity contribution < 1.29 is 14.7 Å². The van der Waals surface area contributed by atoms with Gasteiger partial charge in [-0.15, -0.1) is 0 Å². The van der Waals surface area contributed by atoms with E-state index < -0.39 is 0 Å². The normalized spacial score (nSPS) is 10.7. The number of Topliss-reactive ketones (excluding diaryl/α,β-unsaturated/α-hetero) is 1. The van der Waals surface area contributed by atoms with Crippen molar-refractivity contribution in [3.05, 3.63) is 53.6 Å². The van der Waals surface area contributed by atoms with Crippen molar-refractivity contribution in [1.29, 1.82) is 0 Å². The number of nitrogens with one attached hydrogen (secondary N) is 2. The average molecular weight is 309 g/mol. The molecule has 0 aliphatic carbocycles. The molecule has 2 aromatic carbocycles. The van der Waals surface area contributed by atoms with Crippen molar-refractivity contribution >= 4 is 28.7 Å². The minimum absolute atomic E-state index is 0.0520. The number of rotatable bonds is 4. The number of benzene rings is 2. The Balaban J connectivity index is 1.84. The van der Waals surface area contributed by atoms with Gasteiger partial charge in [-0.3, -0.25) is 14.9 Å². The minimum atomic E-state index is -0.339. The zero-order chi connectivity index (χ0) is 16.4. The number of nitrogens with zero attached hydrogens (tertiary/aromatic N) is 1. The highest BCUT2D eigenvalue weighted by Gasteiger charge is 2.11. The Labute approximate surface area is 132 Å². The maximum Gasteiger partial charge on any atom is 0.257 e. The number of phenolic OH excluding ortho intramolecular Hbond substituents is 1. The van der Waals surface area contributed by atoms with Crippen LogP contribution in [0.15, 0.2) is 42.5 Å². The number of carbonyl (C=O) groups is 2. The monoisotopic (exact) mass is 309 g/mol. The predicted molar refractivity (Wildman–Crippen MR) is 86.8 cm³/mol.